The summed E-state index contributed by atoms with van der Waals surface area (Å²) in [5.74, 6) is -3.13. The highest BCUT2D eigenvalue weighted by molar-refractivity contribution is 6.01. The Hall–Kier alpha value is -2.66. The Morgan fingerprint density at radius 3 is 1.94 bits per heavy atom. The molecule has 0 aromatic heterocycles. The van der Waals surface area contributed by atoms with Crippen LogP contribution in [-0.2, 0) is 33.6 Å². The Balaban J connectivity index is 0.000000311. The topological polar surface area (TPSA) is 155 Å². The third kappa shape index (κ3) is 8.54. The summed E-state index contributed by atoms with van der Waals surface area (Å²) in [6, 6.07) is 0. The highest BCUT2D eigenvalue weighted by Crippen LogP contribution is 2.21. The van der Waals surface area contributed by atoms with E-state index in [0.717, 1.165) is 19.3 Å². The largest absolute Gasteiger partial charge is 0.481 e. The number of likely N-dealkylation sites (tertiary alicyclic amines) is 1. The van der Waals surface area contributed by atoms with E-state index >= 15 is 0 Å². The maximum absolute atomic E-state index is 11.3. The second-order valence-corrected chi connectivity index (χ2v) is 7.49. The molecule has 0 aromatic rings. The summed E-state index contributed by atoms with van der Waals surface area (Å²) in [6.45, 7) is 2.09. The van der Waals surface area contributed by atoms with E-state index in [-0.39, 0.29) is 45.1 Å². The van der Waals surface area contributed by atoms with Crippen LogP contribution in [0, 0.1) is 0 Å². The van der Waals surface area contributed by atoms with E-state index in [1.54, 1.807) is 0 Å². The fourth-order valence-corrected chi connectivity index (χ4v) is 3.09. The van der Waals surface area contributed by atoms with Crippen molar-refractivity contribution in [1.82, 2.24) is 5.06 Å². The van der Waals surface area contributed by atoms with Crippen molar-refractivity contribution in [2.24, 2.45) is 0 Å². The monoisotopic (exact) mass is 443 g/mol. The number of unbranched alkanes of at least 4 members (excludes halogenated alkanes) is 4. The molecular weight excluding hydrogens is 412 g/mol. The number of carbonyl (C=O) groups excluding carboxylic acids is 5. The predicted octanol–water partition coefficient (Wildman–Crippen LogP) is 1.86. The van der Waals surface area contributed by atoms with Gasteiger partial charge in [0.1, 0.15) is 6.54 Å². The van der Waals surface area contributed by atoms with Crippen molar-refractivity contribution in [2.75, 3.05) is 6.54 Å². The van der Waals surface area contributed by atoms with Crippen LogP contribution < -0.4 is 0 Å². The molecule has 31 heavy (non-hydrogen) atoms. The molecule has 2 aliphatic heterocycles. The van der Waals surface area contributed by atoms with Crippen LogP contribution in [0.1, 0.15) is 84.0 Å². The number of rotatable bonds is 11. The summed E-state index contributed by atoms with van der Waals surface area (Å²) in [5.41, 5.74) is 0. The third-order valence-corrected chi connectivity index (χ3v) is 4.93. The predicted molar refractivity (Wildman–Crippen MR) is 104 cm³/mol. The maximum atomic E-state index is 11.3. The second kappa shape index (κ2) is 12.9. The second-order valence-electron chi connectivity index (χ2n) is 7.49. The van der Waals surface area contributed by atoms with Crippen molar-refractivity contribution in [3.8, 4) is 0 Å². The van der Waals surface area contributed by atoms with Crippen molar-refractivity contribution >= 4 is 35.6 Å². The molecule has 0 aliphatic carbocycles. The number of imide groups is 2. The molecule has 174 valence electrons. The normalized spacial score (nSPS) is 17.5. The van der Waals surface area contributed by atoms with Gasteiger partial charge in [0.05, 0.1) is 12.8 Å². The van der Waals surface area contributed by atoms with Crippen molar-refractivity contribution in [3.05, 3.63) is 0 Å². The van der Waals surface area contributed by atoms with Gasteiger partial charge < -0.3 is 9.94 Å². The molecule has 11 heteroatoms. The number of nitrogens with zero attached hydrogens (tertiary/aromatic N) is 2. The summed E-state index contributed by atoms with van der Waals surface area (Å²) in [4.78, 5) is 70.8. The number of hydroxylamine groups is 5. The molecule has 2 fully saturated rings. The van der Waals surface area contributed by atoms with E-state index in [4.69, 9.17) is 5.11 Å². The number of quaternary nitrogens is 1. The standard InChI is InChI=1S/C10H15NO5.C10H15NO4/c12-8-5-6-9(13)11(8,16)7-3-1-2-4-10(14)15;1-2-3-4-5-10(14)15-11-8(12)6-7-9(11)13/h16H,1-7H2;2-7H2,1H3/p+1. The lowest BCUT2D eigenvalue weighted by Gasteiger charge is -2.18. The van der Waals surface area contributed by atoms with Gasteiger partial charge in [-0.05, 0) is 19.3 Å². The lowest BCUT2D eigenvalue weighted by Crippen LogP contribution is -2.49. The van der Waals surface area contributed by atoms with Gasteiger partial charge in [-0.15, -0.1) is 5.06 Å². The van der Waals surface area contributed by atoms with E-state index < -0.39 is 40.2 Å². The molecule has 0 unspecified atom stereocenters. The number of hydrogen-bond acceptors (Lipinski definition) is 8. The Morgan fingerprint density at radius 2 is 1.42 bits per heavy atom. The number of carbonyl (C=O) groups is 6. The van der Waals surface area contributed by atoms with Crippen LogP contribution in [0.4, 0.5) is 0 Å². The molecule has 2 heterocycles. The maximum Gasteiger partial charge on any atom is 0.353 e. The van der Waals surface area contributed by atoms with Crippen molar-refractivity contribution in [2.45, 2.75) is 84.0 Å². The fourth-order valence-electron chi connectivity index (χ4n) is 3.09. The zero-order valence-corrected chi connectivity index (χ0v) is 17.8. The lowest BCUT2D eigenvalue weighted by molar-refractivity contribution is -0.971. The Kier molecular flexibility index (Phi) is 11.0. The average molecular weight is 443 g/mol. The minimum Gasteiger partial charge on any atom is -0.481 e. The highest BCUT2D eigenvalue weighted by atomic mass is 16.7. The quantitative estimate of drug-likeness (QED) is 0.211. The van der Waals surface area contributed by atoms with Gasteiger partial charge in [0.15, 0.2) is 0 Å². The summed E-state index contributed by atoms with van der Waals surface area (Å²) >= 11 is 0. The van der Waals surface area contributed by atoms with Gasteiger partial charge in [-0.1, -0.05) is 24.4 Å². The minimum absolute atomic E-state index is 0.0668. The first-order chi connectivity index (χ1) is 14.6. The van der Waals surface area contributed by atoms with E-state index in [1.807, 2.05) is 6.92 Å². The first-order valence-electron chi connectivity index (χ1n) is 10.6. The molecule has 0 spiro atoms. The molecule has 0 atom stereocenters. The van der Waals surface area contributed by atoms with Crippen LogP contribution in [-0.4, -0.2) is 62.1 Å². The van der Waals surface area contributed by atoms with Crippen molar-refractivity contribution < 1.29 is 48.6 Å². The number of aliphatic carboxylic acids is 1. The van der Waals surface area contributed by atoms with Crippen LogP contribution in [0.25, 0.3) is 0 Å². The summed E-state index contributed by atoms with van der Waals surface area (Å²) in [5, 5.41) is 18.7. The number of amides is 4. The van der Waals surface area contributed by atoms with Gasteiger partial charge in [-0.25, -0.2) is 19.6 Å². The molecule has 0 saturated carbocycles. The van der Waals surface area contributed by atoms with Crippen molar-refractivity contribution in [3.63, 3.8) is 0 Å². The number of carboxylic acids is 1. The molecular formula is C20H31N2O9+. The number of hydrogen-bond donors (Lipinski definition) is 2. The summed E-state index contributed by atoms with van der Waals surface area (Å²) in [7, 11) is 0. The molecule has 4 amide bonds. The minimum atomic E-state index is -1.09. The molecule has 0 aromatic carbocycles. The fraction of sp³-hybridized carbons (Fsp3) is 0.700. The zero-order valence-electron chi connectivity index (χ0n) is 17.8. The van der Waals surface area contributed by atoms with Crippen LogP contribution in [0.2, 0.25) is 0 Å². The summed E-state index contributed by atoms with van der Waals surface area (Å²) in [6.07, 6.45) is 5.05. The van der Waals surface area contributed by atoms with E-state index in [1.165, 1.54) is 0 Å². The van der Waals surface area contributed by atoms with E-state index in [2.05, 4.69) is 4.84 Å². The Labute approximate surface area is 180 Å². The molecule has 2 saturated heterocycles. The third-order valence-electron chi connectivity index (χ3n) is 4.93. The van der Waals surface area contributed by atoms with Crippen LogP contribution >= 0.6 is 0 Å². The zero-order chi connectivity index (χ0) is 23.4. The Bertz CT molecular complexity index is 673. The SMILES string of the molecule is CCCCCC(=O)ON1C(=O)CCC1=O.O=C(O)CCCCC[N+]1(O)C(=O)CCC1=O. The smallest absolute Gasteiger partial charge is 0.353 e. The molecule has 2 N–H and O–H groups in total. The van der Waals surface area contributed by atoms with Gasteiger partial charge >= 0.3 is 23.8 Å². The van der Waals surface area contributed by atoms with Gasteiger partial charge in [-0.3, -0.25) is 14.4 Å². The first kappa shape index (κ1) is 26.4. The van der Waals surface area contributed by atoms with Crippen LogP contribution in [0.3, 0.4) is 0 Å². The van der Waals surface area contributed by atoms with Gasteiger partial charge in [0.2, 0.25) is 0 Å². The molecule has 0 radical (unpaired) electrons. The lowest BCUT2D eigenvalue weighted by atomic mass is 10.2. The number of carboxylic acid groups (broad SMARTS) is 1. The van der Waals surface area contributed by atoms with Gasteiger partial charge in [0, 0.05) is 32.1 Å². The van der Waals surface area contributed by atoms with E-state index in [9.17, 15) is 34.0 Å². The molecule has 2 rings (SSSR count). The molecule has 0 bridgehead atoms. The first-order valence-corrected chi connectivity index (χ1v) is 10.6. The van der Waals surface area contributed by atoms with Gasteiger partial charge in [-0.2, -0.15) is 0 Å². The van der Waals surface area contributed by atoms with Crippen molar-refractivity contribution in [1.29, 1.82) is 0 Å². The average Bonchev–Trinajstić information content (AvgIpc) is 3.16. The van der Waals surface area contributed by atoms with Gasteiger partial charge in [0.25, 0.3) is 11.8 Å². The van der Waals surface area contributed by atoms with Crippen LogP contribution in [0.15, 0.2) is 0 Å². The highest BCUT2D eigenvalue weighted by Gasteiger charge is 2.49. The Morgan fingerprint density at radius 1 is 0.871 bits per heavy atom. The molecule has 11 nitrogen and oxygen atoms in total. The molecule has 2 aliphatic rings. The van der Waals surface area contributed by atoms with E-state index in [0.29, 0.717) is 24.3 Å². The van der Waals surface area contributed by atoms with Crippen LogP contribution in [0.5, 0.6) is 0 Å². The summed E-state index contributed by atoms with van der Waals surface area (Å²) < 4.78 is -1.09.